The Labute approximate surface area is 165 Å². The van der Waals surface area contributed by atoms with Crippen LogP contribution in [0.2, 0.25) is 0 Å². The number of anilines is 1. The molecule has 0 aliphatic carbocycles. The molecule has 0 saturated carbocycles. The quantitative estimate of drug-likeness (QED) is 0.430. The minimum Gasteiger partial charge on any atom is -0.364 e. The van der Waals surface area contributed by atoms with Crippen molar-refractivity contribution in [3.8, 4) is 17.2 Å². The normalized spacial score (nSPS) is 14.9. The highest BCUT2D eigenvalue weighted by molar-refractivity contribution is 9.10. The van der Waals surface area contributed by atoms with Gasteiger partial charge < -0.3 is 5.32 Å². The van der Waals surface area contributed by atoms with Gasteiger partial charge in [-0.25, -0.2) is 28.2 Å². The highest BCUT2D eigenvalue weighted by atomic mass is 79.9. The molecule has 0 radical (unpaired) electrons. The van der Waals surface area contributed by atoms with Gasteiger partial charge in [-0.05, 0) is 44.4 Å². The molecule has 0 aliphatic rings. The Bertz CT molecular complexity index is 1330. The summed E-state index contributed by atoms with van der Waals surface area (Å²) < 4.78 is 85.7. The van der Waals surface area contributed by atoms with Crippen LogP contribution in [0.25, 0.3) is 17.2 Å². The monoisotopic (exact) mass is 468 g/mol. The number of benzene rings is 1. The van der Waals surface area contributed by atoms with E-state index in [1.807, 2.05) is 0 Å². The number of aromatic nitrogens is 4. The van der Waals surface area contributed by atoms with Crippen LogP contribution < -0.4 is 20.9 Å². The first-order valence-electron chi connectivity index (χ1n) is 9.16. The highest BCUT2D eigenvalue weighted by Crippen LogP contribution is 2.25. The summed E-state index contributed by atoms with van der Waals surface area (Å²) >= 11 is 2.78. The first-order chi connectivity index (χ1) is 14.7. The van der Waals surface area contributed by atoms with Gasteiger partial charge >= 0.3 is 5.76 Å². The average Bonchev–Trinajstić information content (AvgIpc) is 3.28. The van der Waals surface area contributed by atoms with Crippen LogP contribution in [0.15, 0.2) is 36.5 Å². The predicted octanol–water partition coefficient (Wildman–Crippen LogP) is -0.0179. The van der Waals surface area contributed by atoms with Gasteiger partial charge in [0, 0.05) is 15.8 Å². The van der Waals surface area contributed by atoms with Crippen molar-refractivity contribution in [1.82, 2.24) is 24.8 Å². The Morgan fingerprint density at radius 1 is 1.41 bits per heavy atom. The molecule has 0 unspecified atom stereocenters. The lowest BCUT2D eigenvalue weighted by Gasteiger charge is -2.06. The molecule has 0 spiro atoms. The second-order valence-electron chi connectivity index (χ2n) is 4.60. The van der Waals surface area contributed by atoms with Crippen molar-refractivity contribution < 1.29 is 28.8 Å². The van der Waals surface area contributed by atoms with Crippen molar-refractivity contribution in [1.29, 1.82) is 0 Å². The van der Waals surface area contributed by atoms with E-state index in [1.165, 1.54) is 4.72 Å². The van der Waals surface area contributed by atoms with E-state index in [2.05, 4.69) is 45.9 Å². The lowest BCUT2D eigenvalue weighted by Crippen LogP contribution is -2.34. The molecule has 0 bridgehead atoms. The summed E-state index contributed by atoms with van der Waals surface area (Å²) in [5, 5.41) is 17.6. The van der Waals surface area contributed by atoms with Crippen LogP contribution in [0.4, 0.5) is 10.2 Å². The van der Waals surface area contributed by atoms with Gasteiger partial charge in [0.05, 0.1) is 14.3 Å². The predicted molar refractivity (Wildman–Crippen MR) is 92.6 cm³/mol. The minimum absolute atomic E-state index is 0.336. The molecule has 144 valence electrons. The summed E-state index contributed by atoms with van der Waals surface area (Å²) in [4.78, 5) is 12.3. The second kappa shape index (κ2) is 7.55. The van der Waals surface area contributed by atoms with Crippen LogP contribution >= 0.6 is 15.9 Å². The van der Waals surface area contributed by atoms with E-state index in [-0.39, 0.29) is 11.5 Å². The molecule has 1 aromatic carbocycles. The van der Waals surface area contributed by atoms with Crippen molar-refractivity contribution in [2.75, 3.05) is 18.4 Å². The van der Waals surface area contributed by atoms with Gasteiger partial charge in [0.25, 0.3) is 10.2 Å². The zero-order valence-electron chi connectivity index (χ0n) is 17.8. The molecule has 2 heterocycles. The Hall–Kier alpha value is -2.62. The number of hydrogen-bond acceptors (Lipinski definition) is 9. The summed E-state index contributed by atoms with van der Waals surface area (Å²) in [6, 6.07) is -2.42. The average molecular weight is 469 g/mol. The largest absolute Gasteiger partial charge is 0.446 e. The van der Waals surface area contributed by atoms with Gasteiger partial charge in [-0.3, -0.25) is 4.52 Å². The molecule has 27 heavy (non-hydrogen) atoms. The van der Waals surface area contributed by atoms with Crippen molar-refractivity contribution in [2.24, 2.45) is 5.14 Å². The van der Waals surface area contributed by atoms with E-state index in [0.29, 0.717) is 4.57 Å². The van der Waals surface area contributed by atoms with Crippen molar-refractivity contribution in [3.63, 3.8) is 0 Å². The van der Waals surface area contributed by atoms with E-state index in [4.69, 9.17) is 12.0 Å². The van der Waals surface area contributed by atoms with E-state index < -0.39 is 68.9 Å². The molecule has 0 atom stereocenters. The Morgan fingerprint density at radius 2 is 2.19 bits per heavy atom. The smallest absolute Gasteiger partial charge is 0.364 e. The van der Waals surface area contributed by atoms with Gasteiger partial charge in [-0.2, -0.15) is 8.42 Å². The Kier molecular flexibility index (Phi) is 3.79. The second-order valence-corrected chi connectivity index (χ2v) is 6.69. The molecular formula is C12H11BrFN7O5S. The number of nitrogens with two attached hydrogens (primary N) is 1. The maximum absolute atomic E-state index is 14.0. The SMILES string of the molecule is [2H]c1c([2H])c(-n2c(-c3nonc3NCC([2H])([2H])NS(N)(=O)=O)noc2=O)c([2H])c(Br)c1F. The maximum Gasteiger partial charge on any atom is 0.446 e. The lowest BCUT2D eigenvalue weighted by molar-refractivity contribution is 0.309. The van der Waals surface area contributed by atoms with Crippen LogP contribution in [-0.2, 0) is 10.2 Å². The number of halogens is 2. The van der Waals surface area contributed by atoms with Crippen molar-refractivity contribution >= 4 is 32.0 Å². The third-order valence-electron chi connectivity index (χ3n) is 2.80. The number of nitrogens with zero attached hydrogens (tertiary/aromatic N) is 4. The fourth-order valence-corrected chi connectivity index (χ4v) is 2.34. The molecule has 2 aromatic heterocycles. The van der Waals surface area contributed by atoms with E-state index in [1.54, 1.807) is 0 Å². The van der Waals surface area contributed by atoms with Crippen LogP contribution in [0.5, 0.6) is 0 Å². The summed E-state index contributed by atoms with van der Waals surface area (Å²) in [5.74, 6) is -3.24. The third kappa shape index (κ3) is 4.38. The summed E-state index contributed by atoms with van der Waals surface area (Å²) in [6.45, 7) is -3.32. The molecule has 12 nitrogen and oxygen atoms in total. The van der Waals surface area contributed by atoms with Crippen LogP contribution in [-0.4, -0.2) is 41.5 Å². The highest BCUT2D eigenvalue weighted by Gasteiger charge is 2.23. The van der Waals surface area contributed by atoms with Crippen molar-refractivity contribution in [2.45, 2.75) is 0 Å². The number of hydrogen-bond donors (Lipinski definition) is 3. The summed E-state index contributed by atoms with van der Waals surface area (Å²) in [6.07, 6.45) is 0. The van der Waals surface area contributed by atoms with E-state index >= 15 is 0 Å². The van der Waals surface area contributed by atoms with Crippen molar-refractivity contribution in [3.05, 3.63) is 39.0 Å². The minimum atomic E-state index is -4.39. The van der Waals surface area contributed by atoms with Gasteiger partial charge in [0.2, 0.25) is 11.6 Å². The molecular weight excluding hydrogens is 453 g/mol. The molecule has 4 N–H and O–H groups in total. The number of rotatable bonds is 7. The van der Waals surface area contributed by atoms with Crippen LogP contribution in [0.1, 0.15) is 6.85 Å². The van der Waals surface area contributed by atoms with Gasteiger partial charge in [0.1, 0.15) is 5.82 Å². The Morgan fingerprint density at radius 3 is 2.93 bits per heavy atom. The zero-order valence-corrected chi connectivity index (χ0v) is 15.2. The molecule has 3 aromatic rings. The first kappa shape index (κ1) is 13.5. The molecule has 15 heteroatoms. The summed E-state index contributed by atoms with van der Waals surface area (Å²) in [7, 11) is -4.39. The fraction of sp³-hybridized carbons (Fsp3) is 0.167. The van der Waals surface area contributed by atoms with Crippen LogP contribution in [0, 0.1) is 5.82 Å². The fourth-order valence-electron chi connectivity index (χ4n) is 1.78. The summed E-state index contributed by atoms with van der Waals surface area (Å²) in [5.41, 5.74) is -0.933. The third-order valence-corrected chi connectivity index (χ3v) is 3.77. The molecule has 0 aliphatic heterocycles. The zero-order chi connectivity index (χ0) is 24.0. The van der Waals surface area contributed by atoms with Gasteiger partial charge in [0.15, 0.2) is 5.69 Å². The molecule has 0 amide bonds. The first-order valence-corrected chi connectivity index (χ1v) is 9.00. The van der Waals surface area contributed by atoms with Crippen LogP contribution in [0.3, 0.4) is 0 Å². The van der Waals surface area contributed by atoms with E-state index in [9.17, 15) is 17.6 Å². The molecule has 0 fully saturated rings. The Balaban J connectivity index is 2.07. The van der Waals surface area contributed by atoms with E-state index in [0.717, 1.165) is 0 Å². The lowest BCUT2D eigenvalue weighted by atomic mass is 10.3. The van der Waals surface area contributed by atoms with Gasteiger partial charge in [-0.1, -0.05) is 5.16 Å². The maximum atomic E-state index is 14.0. The topological polar surface area (TPSA) is 171 Å². The number of nitrogens with one attached hydrogen (secondary N) is 2. The molecule has 3 rings (SSSR count). The van der Waals surface area contributed by atoms with Gasteiger partial charge in [-0.15, -0.1) is 0 Å². The molecule has 0 saturated heterocycles. The standard InChI is InChI=1S/C12H11BrFN7O5S/c13-7-5-6(1-2-8(7)14)21-11(20-25-12(21)22)9-10(19-26-18-9)16-3-4-17-27(15,23)24/h1-2,5,17H,3-4H2,(H,16,19)(H2,15,23,24)/i1D,2D,4D2,5D.